The molecule has 3 N–H and O–H groups in total. The summed E-state index contributed by atoms with van der Waals surface area (Å²) in [5, 5.41) is 28.0. The van der Waals surface area contributed by atoms with Crippen LogP contribution in [0.3, 0.4) is 0 Å². The minimum atomic E-state index is -3.10. The van der Waals surface area contributed by atoms with Gasteiger partial charge in [-0.3, -0.25) is 4.79 Å². The number of hydrogen-bond donors (Lipinski definition) is 3. The van der Waals surface area contributed by atoms with Gasteiger partial charge in [-0.1, -0.05) is 64.9 Å². The third-order valence-corrected chi connectivity index (χ3v) is 4.05. The number of hydrogen-bond acceptors (Lipinski definition) is 4. The van der Waals surface area contributed by atoms with Gasteiger partial charge in [0.15, 0.2) is 5.78 Å². The summed E-state index contributed by atoms with van der Waals surface area (Å²) < 4.78 is 0. The summed E-state index contributed by atoms with van der Waals surface area (Å²) in [6, 6.07) is 0. The van der Waals surface area contributed by atoms with Gasteiger partial charge in [-0.25, -0.2) is 9.59 Å². The molecule has 0 aromatic rings. The predicted molar refractivity (Wildman–Crippen MR) is 86.1 cm³/mol. The molecule has 0 aromatic carbocycles. The van der Waals surface area contributed by atoms with E-state index in [1.807, 2.05) is 0 Å². The number of unbranched alkanes of at least 4 members (excludes halogenated alkanes) is 7. The van der Waals surface area contributed by atoms with Gasteiger partial charge in [-0.05, 0) is 12.5 Å². The van der Waals surface area contributed by atoms with E-state index in [2.05, 4.69) is 13.5 Å². The zero-order valence-electron chi connectivity index (χ0n) is 13.8. The molecule has 0 radical (unpaired) electrons. The van der Waals surface area contributed by atoms with Crippen LogP contribution in [-0.4, -0.2) is 38.6 Å². The third-order valence-electron chi connectivity index (χ3n) is 4.05. The maximum Gasteiger partial charge on any atom is 0.348 e. The molecule has 6 heteroatoms. The Balaban J connectivity index is 4.54. The van der Waals surface area contributed by atoms with E-state index in [-0.39, 0.29) is 6.42 Å². The van der Waals surface area contributed by atoms with Crippen molar-refractivity contribution < 1.29 is 29.7 Å². The van der Waals surface area contributed by atoms with Crippen molar-refractivity contribution in [3.63, 3.8) is 0 Å². The molecule has 23 heavy (non-hydrogen) atoms. The summed E-state index contributed by atoms with van der Waals surface area (Å²) in [4.78, 5) is 34.1. The zero-order valence-corrected chi connectivity index (χ0v) is 13.8. The van der Waals surface area contributed by atoms with E-state index in [9.17, 15) is 19.5 Å². The van der Waals surface area contributed by atoms with E-state index in [1.54, 1.807) is 0 Å². The van der Waals surface area contributed by atoms with Gasteiger partial charge in [-0.2, -0.15) is 0 Å². The first kappa shape index (κ1) is 21.3. The van der Waals surface area contributed by atoms with E-state index >= 15 is 0 Å². The highest BCUT2D eigenvalue weighted by molar-refractivity contribution is 6.08. The zero-order chi connectivity index (χ0) is 17.9. The van der Waals surface area contributed by atoms with Gasteiger partial charge in [0.25, 0.3) is 5.60 Å². The van der Waals surface area contributed by atoms with Crippen LogP contribution in [-0.2, 0) is 14.4 Å². The molecule has 132 valence electrons. The Bertz CT molecular complexity index is 401. The first-order valence-electron chi connectivity index (χ1n) is 8.17. The Morgan fingerprint density at radius 1 is 0.957 bits per heavy atom. The maximum atomic E-state index is 11.8. The number of rotatable bonds is 14. The lowest BCUT2D eigenvalue weighted by molar-refractivity contribution is -0.184. The highest BCUT2D eigenvalue weighted by atomic mass is 16.4. The van der Waals surface area contributed by atoms with Crippen LogP contribution < -0.4 is 0 Å². The van der Waals surface area contributed by atoms with Crippen LogP contribution in [0, 0.1) is 5.92 Å². The van der Waals surface area contributed by atoms with Crippen molar-refractivity contribution in [1.29, 1.82) is 0 Å². The van der Waals surface area contributed by atoms with Gasteiger partial charge in [-0.15, -0.1) is 0 Å². The lowest BCUT2D eigenvalue weighted by Crippen LogP contribution is -2.55. The fourth-order valence-corrected chi connectivity index (χ4v) is 2.57. The number of carboxylic acid groups (broad SMARTS) is 2. The summed E-state index contributed by atoms with van der Waals surface area (Å²) in [5.41, 5.74) is -3.10. The van der Waals surface area contributed by atoms with Gasteiger partial charge < -0.3 is 15.3 Å². The first-order chi connectivity index (χ1) is 10.8. The lowest BCUT2D eigenvalue weighted by Gasteiger charge is -2.26. The van der Waals surface area contributed by atoms with E-state index in [1.165, 1.54) is 19.3 Å². The van der Waals surface area contributed by atoms with Gasteiger partial charge in [0, 0.05) is 0 Å². The summed E-state index contributed by atoms with van der Waals surface area (Å²) in [6.07, 6.45) is 8.83. The first-order valence-corrected chi connectivity index (χ1v) is 8.17. The molecule has 1 unspecified atom stereocenters. The van der Waals surface area contributed by atoms with E-state index in [0.717, 1.165) is 31.8 Å². The topological polar surface area (TPSA) is 112 Å². The van der Waals surface area contributed by atoms with Crippen LogP contribution in [0.1, 0.15) is 64.7 Å². The quantitative estimate of drug-likeness (QED) is 0.257. The normalized spacial score (nSPS) is 12.6. The number of ketones is 1. The molecule has 0 saturated heterocycles. The van der Waals surface area contributed by atoms with Crippen LogP contribution in [0.4, 0.5) is 0 Å². The summed E-state index contributed by atoms with van der Waals surface area (Å²) >= 11 is 0. The van der Waals surface area contributed by atoms with E-state index in [4.69, 9.17) is 10.2 Å². The van der Waals surface area contributed by atoms with Crippen molar-refractivity contribution >= 4 is 17.7 Å². The molecule has 0 aliphatic rings. The number of carboxylic acids is 2. The molecule has 0 heterocycles. The fourth-order valence-electron chi connectivity index (χ4n) is 2.57. The molecule has 1 atom stereocenters. The second kappa shape index (κ2) is 10.9. The van der Waals surface area contributed by atoms with Crippen molar-refractivity contribution in [2.75, 3.05) is 0 Å². The molecular weight excluding hydrogens is 300 g/mol. The molecule has 0 fully saturated rings. The molecule has 0 bridgehead atoms. The Hall–Kier alpha value is -1.69. The smallest absolute Gasteiger partial charge is 0.348 e. The Morgan fingerprint density at radius 2 is 1.39 bits per heavy atom. The van der Waals surface area contributed by atoms with Crippen LogP contribution in [0.25, 0.3) is 0 Å². The number of carbonyl (C=O) groups excluding carboxylic acids is 1. The molecule has 0 saturated carbocycles. The summed E-state index contributed by atoms with van der Waals surface area (Å²) in [6.45, 7) is 5.40. The maximum absolute atomic E-state index is 11.8. The number of aliphatic carboxylic acids is 2. The molecule has 6 nitrogen and oxygen atoms in total. The van der Waals surface area contributed by atoms with E-state index in [0.29, 0.717) is 6.42 Å². The third kappa shape index (κ3) is 6.52. The monoisotopic (exact) mass is 328 g/mol. The van der Waals surface area contributed by atoms with Gasteiger partial charge >= 0.3 is 11.9 Å². The minimum Gasteiger partial charge on any atom is -0.479 e. The van der Waals surface area contributed by atoms with Crippen LogP contribution in [0.15, 0.2) is 12.7 Å². The molecular formula is C17H28O6. The van der Waals surface area contributed by atoms with Crippen molar-refractivity contribution in [3.8, 4) is 0 Å². The second-order valence-electron chi connectivity index (χ2n) is 5.80. The van der Waals surface area contributed by atoms with Crippen LogP contribution in [0.5, 0.6) is 0 Å². The Labute approximate surface area is 137 Å². The molecule has 0 aliphatic heterocycles. The van der Waals surface area contributed by atoms with Crippen LogP contribution >= 0.6 is 0 Å². The summed E-state index contributed by atoms with van der Waals surface area (Å²) in [5.74, 6) is -6.13. The van der Waals surface area contributed by atoms with Crippen LogP contribution in [0.2, 0.25) is 0 Å². The second-order valence-corrected chi connectivity index (χ2v) is 5.80. The average molecular weight is 328 g/mol. The van der Waals surface area contributed by atoms with Crippen molar-refractivity contribution in [3.05, 3.63) is 12.7 Å². The molecule has 0 amide bonds. The Morgan fingerprint density at radius 3 is 1.78 bits per heavy atom. The SMILES string of the molecule is C=CC(=O)C(CCCCCCCCCC)C(O)(C(=O)O)C(=O)O. The number of carbonyl (C=O) groups is 3. The number of allylic oxidation sites excluding steroid dienone is 1. The molecule has 0 spiro atoms. The predicted octanol–water partition coefficient (Wildman–Crippen LogP) is 2.79. The standard InChI is InChI=1S/C17H28O6/c1-3-5-6-7-8-9-10-11-12-13(14(18)4-2)17(23,15(19)20)16(21)22/h4,13,23H,2-3,5-12H2,1H3,(H,19,20)(H,21,22). The van der Waals surface area contributed by atoms with Gasteiger partial charge in [0.05, 0.1) is 5.92 Å². The minimum absolute atomic E-state index is 0.00884. The largest absolute Gasteiger partial charge is 0.479 e. The molecule has 0 aromatic heterocycles. The fraction of sp³-hybridized carbons (Fsp3) is 0.706. The van der Waals surface area contributed by atoms with Crippen molar-refractivity contribution in [2.45, 2.75) is 70.3 Å². The van der Waals surface area contributed by atoms with Gasteiger partial charge in [0.1, 0.15) is 0 Å². The molecule has 0 aliphatic carbocycles. The number of aliphatic hydroxyl groups is 1. The van der Waals surface area contributed by atoms with E-state index < -0.39 is 29.2 Å². The highest BCUT2D eigenvalue weighted by Crippen LogP contribution is 2.26. The lowest BCUT2D eigenvalue weighted by atomic mass is 9.80. The van der Waals surface area contributed by atoms with Gasteiger partial charge in [0.2, 0.25) is 0 Å². The Kier molecular flexibility index (Phi) is 10.1. The summed E-state index contributed by atoms with van der Waals surface area (Å²) in [7, 11) is 0. The highest BCUT2D eigenvalue weighted by Gasteiger charge is 2.53. The van der Waals surface area contributed by atoms with Crippen molar-refractivity contribution in [2.24, 2.45) is 5.92 Å². The van der Waals surface area contributed by atoms with Crippen molar-refractivity contribution in [1.82, 2.24) is 0 Å². The molecule has 0 rings (SSSR count). The average Bonchev–Trinajstić information content (AvgIpc) is 2.51.